The van der Waals surface area contributed by atoms with Gasteiger partial charge in [0.1, 0.15) is 0 Å². The van der Waals surface area contributed by atoms with Gasteiger partial charge in [-0.15, -0.1) is 0 Å². The molecule has 2 aromatic carbocycles. The van der Waals surface area contributed by atoms with Crippen molar-refractivity contribution < 1.29 is 75.8 Å². The number of hydrogen-bond acceptors (Lipinski definition) is 4. The van der Waals surface area contributed by atoms with E-state index in [1.54, 1.807) is 0 Å². The molecule has 0 aliphatic carbocycles. The van der Waals surface area contributed by atoms with Gasteiger partial charge in [-0.25, -0.2) is 0 Å². The van der Waals surface area contributed by atoms with E-state index in [4.69, 9.17) is 0 Å². The summed E-state index contributed by atoms with van der Waals surface area (Å²) in [4.78, 5) is 34.3. The van der Waals surface area contributed by atoms with Gasteiger partial charge in [-0.2, -0.15) is 65.9 Å². The van der Waals surface area contributed by atoms with E-state index in [0.717, 1.165) is 24.3 Å². The predicted octanol–water partition coefficient (Wildman–Crippen LogP) is 7.77. The third-order valence-corrected chi connectivity index (χ3v) is 6.53. The highest BCUT2D eigenvalue weighted by Crippen LogP contribution is 2.50. The third-order valence-electron chi connectivity index (χ3n) is 6.53. The highest BCUT2D eigenvalue weighted by Gasteiger charge is 2.71. The molecule has 0 spiro atoms. The van der Waals surface area contributed by atoms with Crippen LogP contribution in [-0.4, -0.2) is 38.6 Å². The van der Waals surface area contributed by atoms with Crippen LogP contribution in [0.2, 0.25) is 0 Å². The van der Waals surface area contributed by atoms with E-state index in [9.17, 15) is 85.3 Å². The molecule has 0 amide bonds. The number of carbonyl (C=O) groups is 1. The minimum Gasteiger partial charge on any atom is -0.369 e. The normalized spacial score (nSPS) is 13.0. The maximum atomic E-state index is 12.8. The van der Waals surface area contributed by atoms with Gasteiger partial charge in [-0.1, -0.05) is 12.1 Å². The fraction of sp³-hybridized carbons (Fsp3) is 0.207. The highest BCUT2D eigenvalue weighted by atomic mass is 19.4. The van der Waals surface area contributed by atoms with Crippen molar-refractivity contribution >= 4 is 5.78 Å². The second kappa shape index (κ2) is 13.3. The SMILES string of the molecule is O=C(c1ccc(-n2cc(C(F)(F)F)ccc2=O)cc1)C(F)(F)F.O=c1ccc(C(F)(F)F)cn1-c1ccc(C(O)(C(F)(F)F)C(F)(F)F)cc1. The molecular formula is C29H15F15N2O4. The number of rotatable bonds is 4. The summed E-state index contributed by atoms with van der Waals surface area (Å²) in [6.07, 6.45) is -25.9. The second-order valence-corrected chi connectivity index (χ2v) is 9.87. The maximum Gasteiger partial charge on any atom is 0.454 e. The van der Waals surface area contributed by atoms with E-state index in [1.807, 2.05) is 0 Å². The Kier molecular flexibility index (Phi) is 10.5. The van der Waals surface area contributed by atoms with Crippen molar-refractivity contribution in [1.29, 1.82) is 0 Å². The van der Waals surface area contributed by atoms with Crippen molar-refractivity contribution in [2.45, 2.75) is 36.5 Å². The summed E-state index contributed by atoms with van der Waals surface area (Å²) < 4.78 is 191. The molecule has 0 unspecified atom stereocenters. The first kappa shape index (κ1) is 39.4. The van der Waals surface area contributed by atoms with Crippen molar-refractivity contribution in [2.75, 3.05) is 0 Å². The number of aromatic nitrogens is 2. The van der Waals surface area contributed by atoms with E-state index in [1.165, 1.54) is 0 Å². The smallest absolute Gasteiger partial charge is 0.369 e. The van der Waals surface area contributed by atoms with Crippen LogP contribution in [0.25, 0.3) is 11.4 Å². The van der Waals surface area contributed by atoms with Crippen LogP contribution in [0.15, 0.2) is 94.8 Å². The Morgan fingerprint density at radius 2 is 0.800 bits per heavy atom. The molecule has 0 bridgehead atoms. The van der Waals surface area contributed by atoms with Gasteiger partial charge in [-0.3, -0.25) is 23.5 Å². The molecule has 0 saturated heterocycles. The fourth-order valence-electron chi connectivity index (χ4n) is 4.00. The summed E-state index contributed by atoms with van der Waals surface area (Å²) in [5, 5.41) is 9.26. The lowest BCUT2D eigenvalue weighted by Crippen LogP contribution is -2.53. The molecule has 1 N–H and O–H groups in total. The average molecular weight is 740 g/mol. The first-order chi connectivity index (χ1) is 22.6. The van der Waals surface area contributed by atoms with Crippen LogP contribution in [0.3, 0.4) is 0 Å². The van der Waals surface area contributed by atoms with Gasteiger partial charge in [0.25, 0.3) is 22.5 Å². The standard InChI is InChI=1S/C15H8F9NO2.C14H7F6NO2/c16-13(17,18)9-3-6-11(26)25(7-9)10-4-1-8(2-5-10)12(27,14(19,20)21)15(22,23)24;15-13(16,17)9-3-6-11(22)21(7-9)10-4-1-8(2-5-10)12(23)14(18,19)20/h1-7,27H;1-7H. The van der Waals surface area contributed by atoms with Crippen molar-refractivity contribution in [3.63, 3.8) is 0 Å². The topological polar surface area (TPSA) is 81.3 Å². The molecular weight excluding hydrogens is 725 g/mol. The number of ketones is 1. The number of benzene rings is 2. The first-order valence-corrected chi connectivity index (χ1v) is 12.9. The van der Waals surface area contributed by atoms with Gasteiger partial charge in [0, 0.05) is 47.0 Å². The average Bonchev–Trinajstić information content (AvgIpc) is 2.98. The summed E-state index contributed by atoms with van der Waals surface area (Å²) in [6, 6.07) is 7.36. The van der Waals surface area contributed by atoms with E-state index >= 15 is 0 Å². The molecule has 4 aromatic rings. The lowest BCUT2D eigenvalue weighted by Gasteiger charge is -2.32. The fourth-order valence-corrected chi connectivity index (χ4v) is 4.00. The van der Waals surface area contributed by atoms with E-state index in [-0.39, 0.29) is 17.8 Å². The van der Waals surface area contributed by atoms with Gasteiger partial charge in [-0.05, 0) is 48.5 Å². The minimum absolute atomic E-state index is 0.0974. The van der Waals surface area contributed by atoms with Crippen LogP contribution in [0, 0.1) is 0 Å². The van der Waals surface area contributed by atoms with Gasteiger partial charge >= 0.3 is 30.9 Å². The molecule has 0 aliphatic heterocycles. The molecule has 0 radical (unpaired) electrons. The van der Waals surface area contributed by atoms with Crippen molar-refractivity contribution in [1.82, 2.24) is 9.13 Å². The van der Waals surface area contributed by atoms with Crippen LogP contribution in [0.1, 0.15) is 27.0 Å². The molecule has 2 aromatic heterocycles. The van der Waals surface area contributed by atoms with Gasteiger partial charge in [0.05, 0.1) is 11.1 Å². The Bertz CT molecular complexity index is 1930. The third kappa shape index (κ3) is 8.37. The largest absolute Gasteiger partial charge is 0.454 e. The number of pyridine rings is 2. The number of halogens is 15. The van der Waals surface area contributed by atoms with E-state index < -0.39 is 81.3 Å². The Balaban J connectivity index is 0.000000274. The highest BCUT2D eigenvalue weighted by molar-refractivity contribution is 6.00. The van der Waals surface area contributed by atoms with Crippen molar-refractivity contribution in [3.05, 3.63) is 128 Å². The molecule has 0 atom stereocenters. The lowest BCUT2D eigenvalue weighted by atomic mass is 9.92. The Hall–Kier alpha value is -5.08. The zero-order valence-electron chi connectivity index (χ0n) is 23.8. The van der Waals surface area contributed by atoms with Crippen LogP contribution in [0.5, 0.6) is 0 Å². The summed E-state index contributed by atoms with van der Waals surface area (Å²) in [5.74, 6) is -2.08. The maximum absolute atomic E-state index is 12.8. The van der Waals surface area contributed by atoms with Crippen LogP contribution < -0.4 is 11.1 Å². The number of hydrogen-bond donors (Lipinski definition) is 1. The molecule has 6 nitrogen and oxygen atoms in total. The second-order valence-electron chi connectivity index (χ2n) is 9.87. The van der Waals surface area contributed by atoms with Gasteiger partial charge in [0.15, 0.2) is 0 Å². The van der Waals surface area contributed by atoms with Crippen molar-refractivity contribution in [3.8, 4) is 11.4 Å². The van der Waals surface area contributed by atoms with Crippen LogP contribution in [0.4, 0.5) is 65.9 Å². The molecule has 50 heavy (non-hydrogen) atoms. The quantitative estimate of drug-likeness (QED) is 0.171. The summed E-state index contributed by atoms with van der Waals surface area (Å²) in [6.45, 7) is 0. The summed E-state index contributed by atoms with van der Waals surface area (Å²) >= 11 is 0. The number of alkyl halides is 15. The Morgan fingerprint density at radius 3 is 1.10 bits per heavy atom. The van der Waals surface area contributed by atoms with Gasteiger partial charge < -0.3 is 5.11 Å². The van der Waals surface area contributed by atoms with Crippen molar-refractivity contribution in [2.24, 2.45) is 0 Å². The van der Waals surface area contributed by atoms with Gasteiger partial charge in [0.2, 0.25) is 0 Å². The van der Waals surface area contributed by atoms with Crippen LogP contribution in [-0.2, 0) is 18.0 Å². The molecule has 0 fully saturated rings. The number of Topliss-reactive ketones (excluding diaryl/α,β-unsaturated/α-hetero) is 1. The molecule has 2 heterocycles. The first-order valence-electron chi connectivity index (χ1n) is 12.9. The molecule has 21 heteroatoms. The zero-order chi connectivity index (χ0) is 38.3. The monoisotopic (exact) mass is 740 g/mol. The molecule has 270 valence electrons. The van der Waals surface area contributed by atoms with Crippen LogP contribution >= 0.6 is 0 Å². The number of aliphatic hydroxyl groups is 1. The number of nitrogens with zero attached hydrogens (tertiary/aromatic N) is 2. The molecule has 0 saturated carbocycles. The minimum atomic E-state index is -6.11. The number of carbonyl (C=O) groups excluding carboxylic acids is 1. The van der Waals surface area contributed by atoms with E-state index in [2.05, 4.69) is 0 Å². The summed E-state index contributed by atoms with van der Waals surface area (Å²) in [7, 11) is 0. The van der Waals surface area contributed by atoms with E-state index in [0.29, 0.717) is 57.9 Å². The zero-order valence-corrected chi connectivity index (χ0v) is 23.8. The summed E-state index contributed by atoms with van der Waals surface area (Å²) in [5.41, 5.74) is -12.1. The molecule has 0 aliphatic rings. The molecule has 4 rings (SSSR count). The lowest BCUT2D eigenvalue weighted by molar-refractivity contribution is -0.376. The Morgan fingerprint density at radius 1 is 0.480 bits per heavy atom. The predicted molar refractivity (Wildman–Crippen MR) is 140 cm³/mol. The Labute approximate surface area is 267 Å².